The average molecular weight is 390 g/mol. The minimum Gasteiger partial charge on any atom is -0.463 e. The van der Waals surface area contributed by atoms with Crippen LogP contribution in [-0.4, -0.2) is 75.4 Å². The first-order chi connectivity index (χ1) is 12.8. The Labute approximate surface area is 159 Å². The lowest BCUT2D eigenvalue weighted by atomic mass is 9.89. The molecule has 10 heteroatoms. The van der Waals surface area contributed by atoms with Crippen LogP contribution in [0.15, 0.2) is 0 Å². The van der Waals surface area contributed by atoms with E-state index >= 15 is 0 Å². The molecule has 1 fully saturated rings. The summed E-state index contributed by atoms with van der Waals surface area (Å²) in [6.07, 6.45) is -2.19. The number of rotatable bonds is 10. The zero-order valence-corrected chi connectivity index (χ0v) is 16.3. The maximum absolute atomic E-state index is 11.6. The van der Waals surface area contributed by atoms with Gasteiger partial charge in [0, 0.05) is 33.2 Å². The first-order valence-electron chi connectivity index (χ1n) is 8.88. The molecule has 1 unspecified atom stereocenters. The van der Waals surface area contributed by atoms with Crippen LogP contribution in [0.5, 0.6) is 0 Å². The Kier molecular flexibility index (Phi) is 10.2. The molecule has 0 spiro atoms. The Hall–Kier alpha value is -1.75. The molecule has 0 aromatic rings. The van der Waals surface area contributed by atoms with E-state index in [0.717, 1.165) is 0 Å². The molecule has 27 heavy (non-hydrogen) atoms. The number of hydrogen-bond donors (Lipinski definition) is 2. The van der Waals surface area contributed by atoms with Gasteiger partial charge >= 0.3 is 11.9 Å². The predicted molar refractivity (Wildman–Crippen MR) is 93.4 cm³/mol. The lowest BCUT2D eigenvalue weighted by Crippen LogP contribution is -2.63. The standard InChI is InChI=1S/C17H30N2O8/c1-10-14(9-25-12(3)21)27-17(24-8-7-23-6-5-18)15(19-11(2)20)16(10)26-13(4)22/h10,14-17H,5-9,18H2,1-4H3,(H,19,20)/t10-,14+,15+,16-,17?/m0/s1. The summed E-state index contributed by atoms with van der Waals surface area (Å²) in [6, 6.07) is -0.718. The third-order valence-corrected chi connectivity index (χ3v) is 3.96. The highest BCUT2D eigenvalue weighted by Crippen LogP contribution is 2.29. The van der Waals surface area contributed by atoms with Crippen LogP contribution in [0.3, 0.4) is 0 Å². The van der Waals surface area contributed by atoms with E-state index in [2.05, 4.69) is 5.32 Å². The molecule has 0 aliphatic carbocycles. The second-order valence-corrected chi connectivity index (χ2v) is 6.28. The normalized spacial score (nSPS) is 27.7. The Balaban J connectivity index is 2.90. The molecule has 1 heterocycles. The van der Waals surface area contributed by atoms with Gasteiger partial charge < -0.3 is 34.7 Å². The van der Waals surface area contributed by atoms with E-state index in [4.69, 9.17) is 29.4 Å². The van der Waals surface area contributed by atoms with Gasteiger partial charge in [0.05, 0.1) is 19.8 Å². The van der Waals surface area contributed by atoms with Crippen molar-refractivity contribution in [2.75, 3.05) is 33.0 Å². The van der Waals surface area contributed by atoms with E-state index < -0.39 is 36.5 Å². The first kappa shape index (κ1) is 23.3. The number of esters is 2. The predicted octanol–water partition coefficient (Wildman–Crippen LogP) is -0.661. The highest BCUT2D eigenvalue weighted by atomic mass is 16.7. The van der Waals surface area contributed by atoms with Crippen LogP contribution in [0, 0.1) is 5.92 Å². The third-order valence-electron chi connectivity index (χ3n) is 3.96. The number of amides is 1. The van der Waals surface area contributed by atoms with Gasteiger partial charge in [0.2, 0.25) is 5.91 Å². The van der Waals surface area contributed by atoms with Crippen LogP contribution in [0.1, 0.15) is 27.7 Å². The minimum absolute atomic E-state index is 0.0232. The van der Waals surface area contributed by atoms with E-state index in [1.807, 2.05) is 0 Å². The van der Waals surface area contributed by atoms with Crippen molar-refractivity contribution in [1.29, 1.82) is 0 Å². The van der Waals surface area contributed by atoms with Crippen LogP contribution in [0.2, 0.25) is 0 Å². The lowest BCUT2D eigenvalue weighted by Gasteiger charge is -2.44. The fourth-order valence-corrected chi connectivity index (χ4v) is 2.77. The quantitative estimate of drug-likeness (QED) is 0.368. The van der Waals surface area contributed by atoms with E-state index in [0.29, 0.717) is 13.2 Å². The summed E-state index contributed by atoms with van der Waals surface area (Å²) in [5.41, 5.74) is 5.36. The summed E-state index contributed by atoms with van der Waals surface area (Å²) in [5.74, 6) is -1.62. The Bertz CT molecular complexity index is 501. The van der Waals surface area contributed by atoms with Crippen molar-refractivity contribution in [2.24, 2.45) is 11.7 Å². The van der Waals surface area contributed by atoms with Gasteiger partial charge in [-0.15, -0.1) is 0 Å². The van der Waals surface area contributed by atoms with Gasteiger partial charge in [-0.3, -0.25) is 14.4 Å². The van der Waals surface area contributed by atoms with Crippen LogP contribution in [-0.2, 0) is 38.1 Å². The molecule has 1 amide bonds. The van der Waals surface area contributed by atoms with Crippen molar-refractivity contribution in [3.05, 3.63) is 0 Å². The van der Waals surface area contributed by atoms with Crippen molar-refractivity contribution in [3.8, 4) is 0 Å². The van der Waals surface area contributed by atoms with Gasteiger partial charge in [0.15, 0.2) is 6.29 Å². The van der Waals surface area contributed by atoms with Crippen LogP contribution >= 0.6 is 0 Å². The highest BCUT2D eigenvalue weighted by Gasteiger charge is 2.47. The molecule has 0 saturated carbocycles. The smallest absolute Gasteiger partial charge is 0.302 e. The van der Waals surface area contributed by atoms with Crippen LogP contribution in [0.25, 0.3) is 0 Å². The molecule has 1 aliphatic rings. The highest BCUT2D eigenvalue weighted by molar-refractivity contribution is 5.73. The number of hydrogen-bond acceptors (Lipinski definition) is 9. The summed E-state index contributed by atoms with van der Waals surface area (Å²) in [6.45, 7) is 6.94. The summed E-state index contributed by atoms with van der Waals surface area (Å²) < 4.78 is 27.3. The molecule has 1 saturated heterocycles. The average Bonchev–Trinajstić information content (AvgIpc) is 2.57. The van der Waals surface area contributed by atoms with E-state index in [1.54, 1.807) is 6.92 Å². The lowest BCUT2D eigenvalue weighted by molar-refractivity contribution is -0.261. The maximum Gasteiger partial charge on any atom is 0.302 e. The zero-order valence-electron chi connectivity index (χ0n) is 16.3. The van der Waals surface area contributed by atoms with Crippen molar-refractivity contribution in [1.82, 2.24) is 5.32 Å². The molecule has 10 nitrogen and oxygen atoms in total. The van der Waals surface area contributed by atoms with Gasteiger partial charge in [-0.1, -0.05) is 6.92 Å². The summed E-state index contributed by atoms with van der Waals surface area (Å²) in [5, 5.41) is 2.72. The molecule has 1 rings (SSSR count). The fraction of sp³-hybridized carbons (Fsp3) is 0.824. The number of carbonyl (C=O) groups excluding carboxylic acids is 3. The number of ether oxygens (including phenoxy) is 5. The van der Waals surface area contributed by atoms with E-state index in [9.17, 15) is 14.4 Å². The molecule has 1 aliphatic heterocycles. The second kappa shape index (κ2) is 11.9. The number of carbonyl (C=O) groups is 3. The summed E-state index contributed by atoms with van der Waals surface area (Å²) in [4.78, 5) is 34.3. The first-order valence-corrected chi connectivity index (χ1v) is 8.88. The largest absolute Gasteiger partial charge is 0.463 e. The summed E-state index contributed by atoms with van der Waals surface area (Å²) >= 11 is 0. The molecule has 0 bridgehead atoms. The third kappa shape index (κ3) is 8.21. The SMILES string of the molecule is CC(=O)N[C@H]1C(OCCOCCN)O[C@H](COC(C)=O)[C@H](C)[C@@H]1OC(C)=O. The Morgan fingerprint density at radius 3 is 2.33 bits per heavy atom. The Morgan fingerprint density at radius 2 is 1.78 bits per heavy atom. The van der Waals surface area contributed by atoms with Crippen molar-refractivity contribution in [2.45, 2.75) is 52.2 Å². The monoisotopic (exact) mass is 390 g/mol. The molecule has 156 valence electrons. The summed E-state index contributed by atoms with van der Waals surface area (Å²) in [7, 11) is 0. The molecular weight excluding hydrogens is 360 g/mol. The van der Waals surface area contributed by atoms with Crippen molar-refractivity contribution in [3.63, 3.8) is 0 Å². The Morgan fingerprint density at radius 1 is 1.07 bits per heavy atom. The van der Waals surface area contributed by atoms with Crippen molar-refractivity contribution >= 4 is 17.8 Å². The zero-order chi connectivity index (χ0) is 20.4. The van der Waals surface area contributed by atoms with Crippen molar-refractivity contribution < 1.29 is 38.1 Å². The number of nitrogens with one attached hydrogen (secondary N) is 1. The number of nitrogens with two attached hydrogens (primary N) is 1. The molecule has 3 N–H and O–H groups in total. The molecule has 0 aromatic heterocycles. The molecule has 0 radical (unpaired) electrons. The van der Waals surface area contributed by atoms with Gasteiger partial charge in [-0.25, -0.2) is 0 Å². The van der Waals surface area contributed by atoms with Gasteiger partial charge in [0.25, 0.3) is 0 Å². The van der Waals surface area contributed by atoms with Crippen LogP contribution < -0.4 is 11.1 Å². The molecule has 5 atom stereocenters. The molecular formula is C17H30N2O8. The maximum atomic E-state index is 11.6. The second-order valence-electron chi connectivity index (χ2n) is 6.28. The molecule has 0 aromatic carbocycles. The van der Waals surface area contributed by atoms with E-state index in [-0.39, 0.29) is 31.6 Å². The van der Waals surface area contributed by atoms with E-state index in [1.165, 1.54) is 20.8 Å². The van der Waals surface area contributed by atoms with Crippen LogP contribution in [0.4, 0.5) is 0 Å². The topological polar surface area (TPSA) is 135 Å². The van der Waals surface area contributed by atoms with Gasteiger partial charge in [0.1, 0.15) is 24.9 Å². The fourth-order valence-electron chi connectivity index (χ4n) is 2.77. The minimum atomic E-state index is -0.906. The van der Waals surface area contributed by atoms with Gasteiger partial charge in [-0.05, 0) is 0 Å². The van der Waals surface area contributed by atoms with Gasteiger partial charge in [-0.2, -0.15) is 0 Å².